The molecule has 0 spiro atoms. The molecule has 43 heavy (non-hydrogen) atoms. The normalized spacial score (nSPS) is 15.1. The van der Waals surface area contributed by atoms with Crippen LogP contribution < -0.4 is 20.9 Å². The van der Waals surface area contributed by atoms with Crippen molar-refractivity contribution in [2.45, 2.75) is 83.2 Å². The summed E-state index contributed by atoms with van der Waals surface area (Å²) in [5, 5.41) is 12.9. The molecule has 4 rings (SSSR count). The minimum atomic E-state index is -3.32. The van der Waals surface area contributed by atoms with Crippen molar-refractivity contribution in [3.8, 4) is 5.75 Å². The number of amides is 2. The van der Waals surface area contributed by atoms with Gasteiger partial charge in [0.25, 0.3) is 11.5 Å². The average Bonchev–Trinajstić information content (AvgIpc) is 3.40. The average molecular weight is 609 g/mol. The Morgan fingerprint density at radius 1 is 1.12 bits per heavy atom. The van der Waals surface area contributed by atoms with Gasteiger partial charge in [-0.3, -0.25) is 19.6 Å². The molecule has 1 aromatic carbocycles. The molecule has 0 unspecified atom stereocenters. The standard InChI is InChI=1S/C28H32F4N6O5/c1-27(29,30)43-22-6-4-5-19(15-22)17-33-25(40)23-18-38(36-35-23)13-3-2-12-37-14-9-20(16-24(37)39)34-26(41)42-21-7-10-28(31,32)11-8-21/h4-6,9,14-16,18,21H,2-3,7-8,10-13,17H2,1H3,(H,33,40)(H,34,41). The number of aromatic nitrogens is 4. The number of rotatable bonds is 12. The molecule has 15 heteroatoms. The van der Waals surface area contributed by atoms with Gasteiger partial charge >= 0.3 is 12.2 Å². The fourth-order valence-corrected chi connectivity index (χ4v) is 4.47. The second-order valence-electron chi connectivity index (χ2n) is 10.3. The summed E-state index contributed by atoms with van der Waals surface area (Å²) in [5.74, 6) is -3.22. The number of carbonyl (C=O) groups is 2. The van der Waals surface area contributed by atoms with Crippen LogP contribution in [0.15, 0.2) is 53.6 Å². The van der Waals surface area contributed by atoms with Crippen LogP contribution in [0.4, 0.5) is 28.0 Å². The van der Waals surface area contributed by atoms with Crippen molar-refractivity contribution in [2.75, 3.05) is 5.32 Å². The molecule has 2 aromatic heterocycles. The second kappa shape index (κ2) is 13.7. The van der Waals surface area contributed by atoms with Gasteiger partial charge in [0.2, 0.25) is 5.92 Å². The highest BCUT2D eigenvalue weighted by atomic mass is 19.3. The molecule has 3 aromatic rings. The van der Waals surface area contributed by atoms with Crippen molar-refractivity contribution in [1.82, 2.24) is 24.9 Å². The van der Waals surface area contributed by atoms with Gasteiger partial charge < -0.3 is 19.4 Å². The van der Waals surface area contributed by atoms with E-state index in [1.807, 2.05) is 0 Å². The minimum Gasteiger partial charge on any atom is -0.446 e. The van der Waals surface area contributed by atoms with E-state index in [1.165, 1.54) is 39.8 Å². The van der Waals surface area contributed by atoms with E-state index in [1.54, 1.807) is 18.2 Å². The number of ether oxygens (including phenoxy) is 2. The van der Waals surface area contributed by atoms with Crippen molar-refractivity contribution in [2.24, 2.45) is 0 Å². The smallest absolute Gasteiger partial charge is 0.411 e. The first-order chi connectivity index (χ1) is 20.3. The Morgan fingerprint density at radius 2 is 1.86 bits per heavy atom. The molecule has 1 aliphatic rings. The maximum atomic E-state index is 13.3. The lowest BCUT2D eigenvalue weighted by atomic mass is 9.94. The molecule has 1 saturated carbocycles. The van der Waals surface area contributed by atoms with E-state index >= 15 is 0 Å². The van der Waals surface area contributed by atoms with Crippen molar-refractivity contribution < 1.29 is 36.6 Å². The highest BCUT2D eigenvalue weighted by Gasteiger charge is 2.36. The summed E-state index contributed by atoms with van der Waals surface area (Å²) in [5.41, 5.74) is 0.557. The van der Waals surface area contributed by atoms with E-state index in [0.29, 0.717) is 38.4 Å². The fraction of sp³-hybridized carbons (Fsp3) is 0.464. The summed E-state index contributed by atoms with van der Waals surface area (Å²) in [6.45, 7) is 1.55. The molecular weight excluding hydrogens is 576 g/mol. The molecule has 0 radical (unpaired) electrons. The van der Waals surface area contributed by atoms with Gasteiger partial charge in [0, 0.05) is 51.7 Å². The molecule has 0 aliphatic heterocycles. The number of hydrogen-bond acceptors (Lipinski definition) is 7. The van der Waals surface area contributed by atoms with Crippen LogP contribution in [-0.2, 0) is 24.4 Å². The maximum absolute atomic E-state index is 13.3. The number of halogens is 4. The Labute approximate surface area is 244 Å². The maximum Gasteiger partial charge on any atom is 0.411 e. The summed E-state index contributed by atoms with van der Waals surface area (Å²) in [7, 11) is 0. The van der Waals surface area contributed by atoms with Crippen molar-refractivity contribution >= 4 is 17.7 Å². The van der Waals surface area contributed by atoms with Gasteiger partial charge in [-0.25, -0.2) is 13.6 Å². The monoisotopic (exact) mass is 608 g/mol. The van der Waals surface area contributed by atoms with E-state index in [4.69, 9.17) is 4.74 Å². The quantitative estimate of drug-likeness (QED) is 0.220. The van der Waals surface area contributed by atoms with Crippen LogP contribution in [0.25, 0.3) is 0 Å². The van der Waals surface area contributed by atoms with Gasteiger partial charge in [-0.1, -0.05) is 17.3 Å². The lowest BCUT2D eigenvalue weighted by Crippen LogP contribution is -2.32. The number of hydrogen-bond donors (Lipinski definition) is 2. The topological polar surface area (TPSA) is 129 Å². The number of anilines is 1. The zero-order valence-corrected chi connectivity index (χ0v) is 23.4. The molecule has 2 heterocycles. The highest BCUT2D eigenvalue weighted by molar-refractivity contribution is 5.91. The molecule has 1 aliphatic carbocycles. The lowest BCUT2D eigenvalue weighted by molar-refractivity contribution is -0.159. The molecule has 0 bridgehead atoms. The van der Waals surface area contributed by atoms with Crippen molar-refractivity contribution in [3.05, 3.63) is 70.4 Å². The summed E-state index contributed by atoms with van der Waals surface area (Å²) >= 11 is 0. The number of nitrogens with one attached hydrogen (secondary N) is 2. The zero-order valence-electron chi connectivity index (χ0n) is 23.4. The molecule has 1 fully saturated rings. The summed E-state index contributed by atoms with van der Waals surface area (Å²) in [6.07, 6.45) is -0.926. The molecule has 0 atom stereocenters. The third-order valence-corrected chi connectivity index (χ3v) is 6.64. The third kappa shape index (κ3) is 10.1. The van der Waals surface area contributed by atoms with Gasteiger partial charge in [-0.05, 0) is 49.4 Å². The summed E-state index contributed by atoms with van der Waals surface area (Å²) in [4.78, 5) is 37.0. The Bertz CT molecular complexity index is 1460. The summed E-state index contributed by atoms with van der Waals surface area (Å²) in [6, 6.07) is 8.80. The van der Waals surface area contributed by atoms with Crippen LogP contribution in [0.3, 0.4) is 0 Å². The Morgan fingerprint density at radius 3 is 2.58 bits per heavy atom. The lowest BCUT2D eigenvalue weighted by Gasteiger charge is -2.27. The second-order valence-corrected chi connectivity index (χ2v) is 10.3. The number of nitrogens with zero attached hydrogens (tertiary/aromatic N) is 4. The van der Waals surface area contributed by atoms with Crippen LogP contribution >= 0.6 is 0 Å². The van der Waals surface area contributed by atoms with Gasteiger partial charge in [-0.2, -0.15) is 8.78 Å². The van der Waals surface area contributed by atoms with Crippen molar-refractivity contribution in [3.63, 3.8) is 0 Å². The molecule has 2 amide bonds. The highest BCUT2D eigenvalue weighted by Crippen LogP contribution is 2.34. The van der Waals surface area contributed by atoms with Gasteiger partial charge in [0.15, 0.2) is 5.69 Å². The molecule has 2 N–H and O–H groups in total. The van der Waals surface area contributed by atoms with Gasteiger partial charge in [0.05, 0.1) is 11.9 Å². The molecular formula is C28H32F4N6O5. The Balaban J connectivity index is 1.17. The SMILES string of the molecule is CC(F)(F)Oc1cccc(CNC(=O)c2cn(CCCCn3ccc(NC(=O)OC4CCC(F)(F)CC4)cc3=O)nn2)c1. The first kappa shape index (κ1) is 31.5. The van der Waals surface area contributed by atoms with Gasteiger partial charge in [0.1, 0.15) is 11.9 Å². The number of pyridine rings is 1. The van der Waals surface area contributed by atoms with Crippen LogP contribution in [0.1, 0.15) is 61.5 Å². The molecule has 232 valence electrons. The number of aryl methyl sites for hydroxylation is 2. The summed E-state index contributed by atoms with van der Waals surface area (Å²) < 4.78 is 65.3. The van der Waals surface area contributed by atoms with Crippen LogP contribution in [0.2, 0.25) is 0 Å². The fourth-order valence-electron chi connectivity index (χ4n) is 4.47. The molecule has 11 nitrogen and oxygen atoms in total. The van der Waals surface area contributed by atoms with Gasteiger partial charge in [-0.15, -0.1) is 5.10 Å². The predicted octanol–water partition coefficient (Wildman–Crippen LogP) is 4.97. The number of carbonyl (C=O) groups excluding carboxylic acids is 2. The van der Waals surface area contributed by atoms with Crippen LogP contribution in [0.5, 0.6) is 5.75 Å². The number of alkyl halides is 4. The van der Waals surface area contributed by atoms with Crippen molar-refractivity contribution in [1.29, 1.82) is 0 Å². The van der Waals surface area contributed by atoms with Crippen LogP contribution in [0, 0.1) is 0 Å². The Hall–Kier alpha value is -4.43. The van der Waals surface area contributed by atoms with Crippen LogP contribution in [-0.4, -0.2) is 49.7 Å². The predicted molar refractivity (Wildman–Crippen MR) is 146 cm³/mol. The zero-order chi connectivity index (χ0) is 31.0. The Kier molecular flexibility index (Phi) is 10.0. The largest absolute Gasteiger partial charge is 0.446 e. The first-order valence-electron chi connectivity index (χ1n) is 13.8. The number of benzene rings is 1. The first-order valence-corrected chi connectivity index (χ1v) is 13.8. The third-order valence-electron chi connectivity index (χ3n) is 6.64. The van der Waals surface area contributed by atoms with E-state index in [-0.39, 0.29) is 54.9 Å². The molecule has 0 saturated heterocycles. The van der Waals surface area contributed by atoms with E-state index in [9.17, 15) is 31.9 Å². The van der Waals surface area contributed by atoms with E-state index in [0.717, 1.165) is 0 Å². The van der Waals surface area contributed by atoms with E-state index < -0.39 is 30.1 Å². The minimum absolute atomic E-state index is 0.0202. The number of unbranched alkanes of at least 4 members (excludes halogenated alkanes) is 1. The van der Waals surface area contributed by atoms with E-state index in [2.05, 4.69) is 25.7 Å².